The van der Waals surface area contributed by atoms with Crippen molar-refractivity contribution in [3.8, 4) is 11.3 Å². The zero-order valence-electron chi connectivity index (χ0n) is 18.0. The van der Waals surface area contributed by atoms with Gasteiger partial charge in [0.25, 0.3) is 0 Å². The summed E-state index contributed by atoms with van der Waals surface area (Å²) in [6, 6.07) is 30.4. The van der Waals surface area contributed by atoms with Gasteiger partial charge in [-0.15, -0.1) is 0 Å². The highest BCUT2D eigenvalue weighted by Crippen LogP contribution is 2.25. The van der Waals surface area contributed by atoms with Crippen LogP contribution in [-0.4, -0.2) is 8.42 Å². The predicted octanol–water partition coefficient (Wildman–Crippen LogP) is 5.87. The molecule has 0 atom stereocenters. The van der Waals surface area contributed by atoms with Crippen LogP contribution >= 0.6 is 0 Å². The molecule has 32 heavy (non-hydrogen) atoms. The molecule has 1 aromatic heterocycles. The maximum absolute atomic E-state index is 12.9. The van der Waals surface area contributed by atoms with Crippen LogP contribution in [-0.2, 0) is 10.0 Å². The Morgan fingerprint density at radius 2 is 1.41 bits per heavy atom. The van der Waals surface area contributed by atoms with Gasteiger partial charge < -0.3 is 4.72 Å². The smallest absolute Gasteiger partial charge is 0.221 e. The fourth-order valence-electron chi connectivity index (χ4n) is 3.56. The first-order chi connectivity index (χ1) is 15.5. The molecular formula is C27H24N2O2S. The maximum atomic E-state index is 12.9. The second kappa shape index (κ2) is 9.20. The standard InChI is InChI=1S/C27H24N2O2S/c1-21-15-17-25(18-16-21)32(30,31)28-20-26(23-11-5-3-6-12-23)29-19-9-10-22(2)27(29)24-13-7-4-8-14-24/h3-20H,1-2H3/b26-20-. The van der Waals surface area contributed by atoms with Crippen LogP contribution in [0.4, 0.5) is 0 Å². The van der Waals surface area contributed by atoms with E-state index in [1.807, 2.05) is 97.4 Å². The van der Waals surface area contributed by atoms with Gasteiger partial charge in [0.2, 0.25) is 5.69 Å². The Balaban J connectivity index is 1.85. The van der Waals surface area contributed by atoms with E-state index >= 15 is 0 Å². The van der Waals surface area contributed by atoms with E-state index in [4.69, 9.17) is 0 Å². The highest BCUT2D eigenvalue weighted by Gasteiger charge is 2.21. The summed E-state index contributed by atoms with van der Waals surface area (Å²) < 4.78 is 31.9. The van der Waals surface area contributed by atoms with Crippen molar-refractivity contribution in [3.63, 3.8) is 0 Å². The largest absolute Gasteiger partial charge is 0.574 e. The second-order valence-corrected chi connectivity index (χ2v) is 9.18. The molecule has 0 radical (unpaired) electrons. The highest BCUT2D eigenvalue weighted by molar-refractivity contribution is 7.94. The Hall–Kier alpha value is -3.70. The lowest BCUT2D eigenvalue weighted by Gasteiger charge is -2.18. The molecule has 4 nitrogen and oxygen atoms in total. The van der Waals surface area contributed by atoms with Crippen molar-refractivity contribution in [3.05, 3.63) is 131 Å². The molecule has 0 aliphatic rings. The number of sulfonamides is 1. The van der Waals surface area contributed by atoms with Crippen LogP contribution in [0.25, 0.3) is 21.7 Å². The Labute approximate surface area is 189 Å². The summed E-state index contributed by atoms with van der Waals surface area (Å²) in [6.45, 7) is 3.96. The van der Waals surface area contributed by atoms with Crippen molar-refractivity contribution < 1.29 is 13.0 Å². The number of aromatic nitrogens is 1. The van der Waals surface area contributed by atoms with Crippen LogP contribution in [0.3, 0.4) is 0 Å². The molecule has 0 unspecified atom stereocenters. The number of rotatable bonds is 6. The van der Waals surface area contributed by atoms with Gasteiger partial charge in [-0.25, -0.2) is 8.42 Å². The Morgan fingerprint density at radius 3 is 2.06 bits per heavy atom. The van der Waals surface area contributed by atoms with Gasteiger partial charge in [0.15, 0.2) is 11.9 Å². The third-order valence-electron chi connectivity index (χ3n) is 5.20. The van der Waals surface area contributed by atoms with Crippen LogP contribution in [0.2, 0.25) is 0 Å². The lowest BCUT2D eigenvalue weighted by atomic mass is 10.0. The number of hydrogen-bond donors (Lipinski definition) is 0. The van der Waals surface area contributed by atoms with Crippen LogP contribution < -0.4 is 4.57 Å². The van der Waals surface area contributed by atoms with Gasteiger partial charge in [-0.1, -0.05) is 60.3 Å². The van der Waals surface area contributed by atoms with Crippen molar-refractivity contribution in [2.75, 3.05) is 0 Å². The molecule has 0 spiro atoms. The normalized spacial score (nSPS) is 11.9. The third kappa shape index (κ3) is 4.63. The number of aryl methyl sites for hydroxylation is 2. The molecular weight excluding hydrogens is 416 g/mol. The van der Waals surface area contributed by atoms with Gasteiger partial charge in [-0.2, -0.15) is 4.57 Å². The molecule has 1 heterocycles. The Bertz CT molecular complexity index is 1350. The van der Waals surface area contributed by atoms with E-state index in [-0.39, 0.29) is 4.90 Å². The molecule has 0 amide bonds. The molecule has 4 aromatic rings. The second-order valence-electron chi connectivity index (χ2n) is 7.55. The van der Waals surface area contributed by atoms with Crippen molar-refractivity contribution in [1.82, 2.24) is 0 Å². The maximum Gasteiger partial charge on any atom is 0.221 e. The van der Waals surface area contributed by atoms with E-state index in [2.05, 4.69) is 4.72 Å². The van der Waals surface area contributed by atoms with Crippen LogP contribution in [0.5, 0.6) is 0 Å². The summed E-state index contributed by atoms with van der Waals surface area (Å²) in [5.41, 5.74) is 5.61. The molecule has 0 saturated carbocycles. The van der Waals surface area contributed by atoms with E-state index < -0.39 is 10.0 Å². The monoisotopic (exact) mass is 440 g/mol. The number of benzene rings is 3. The average Bonchev–Trinajstić information content (AvgIpc) is 2.81. The lowest BCUT2D eigenvalue weighted by molar-refractivity contribution is -0.567. The zero-order valence-corrected chi connectivity index (χ0v) is 18.8. The van der Waals surface area contributed by atoms with Crippen LogP contribution in [0.15, 0.2) is 114 Å². The van der Waals surface area contributed by atoms with Crippen molar-refractivity contribution in [2.24, 2.45) is 0 Å². The minimum Gasteiger partial charge on any atom is -0.574 e. The minimum atomic E-state index is -3.84. The van der Waals surface area contributed by atoms with Crippen molar-refractivity contribution >= 4 is 15.7 Å². The Kier molecular flexibility index (Phi) is 6.19. The molecule has 3 aromatic carbocycles. The molecule has 160 valence electrons. The SMILES string of the molecule is Cc1ccc(S(=O)(=O)[N-]/C=C(/c2ccccc2)[n+]2cccc(C)c2-c2ccccc2)cc1. The molecule has 0 bridgehead atoms. The molecule has 4 rings (SSSR count). The van der Waals surface area contributed by atoms with E-state index in [9.17, 15) is 8.42 Å². The number of hydrogen-bond acceptors (Lipinski definition) is 2. The zero-order chi connectivity index (χ0) is 22.6. The molecule has 0 saturated heterocycles. The van der Waals surface area contributed by atoms with Crippen LogP contribution in [0, 0.1) is 13.8 Å². The fourth-order valence-corrected chi connectivity index (χ4v) is 4.40. The van der Waals surface area contributed by atoms with Crippen molar-refractivity contribution in [1.29, 1.82) is 0 Å². The molecule has 0 fully saturated rings. The first kappa shape index (κ1) is 21.5. The van der Waals surface area contributed by atoms with E-state index in [0.717, 1.165) is 27.9 Å². The van der Waals surface area contributed by atoms with Crippen molar-refractivity contribution in [2.45, 2.75) is 18.7 Å². The summed E-state index contributed by atoms with van der Waals surface area (Å²) in [7, 11) is -3.84. The van der Waals surface area contributed by atoms with Gasteiger partial charge in [0.05, 0.1) is 4.90 Å². The number of nitrogens with zero attached hydrogens (tertiary/aromatic N) is 2. The van der Waals surface area contributed by atoms with Crippen LogP contribution in [0.1, 0.15) is 16.7 Å². The highest BCUT2D eigenvalue weighted by atomic mass is 32.2. The molecule has 5 heteroatoms. The first-order valence-electron chi connectivity index (χ1n) is 10.3. The molecule has 0 aliphatic carbocycles. The van der Waals surface area contributed by atoms with Gasteiger partial charge in [-0.3, -0.25) is 0 Å². The molecule has 0 N–H and O–H groups in total. The van der Waals surface area contributed by atoms with Gasteiger partial charge in [-0.05, 0) is 56.3 Å². The summed E-state index contributed by atoms with van der Waals surface area (Å²) in [5, 5.41) is 0. The lowest BCUT2D eigenvalue weighted by Crippen LogP contribution is -2.36. The summed E-state index contributed by atoms with van der Waals surface area (Å²) in [4.78, 5) is 0.171. The third-order valence-corrected chi connectivity index (χ3v) is 6.46. The first-order valence-corrected chi connectivity index (χ1v) is 11.8. The van der Waals surface area contributed by atoms with E-state index in [1.165, 1.54) is 6.20 Å². The topological polar surface area (TPSA) is 52.1 Å². The van der Waals surface area contributed by atoms with E-state index in [0.29, 0.717) is 5.70 Å². The average molecular weight is 441 g/mol. The molecule has 0 aliphatic heterocycles. The summed E-state index contributed by atoms with van der Waals surface area (Å²) in [6.07, 6.45) is 3.37. The predicted molar refractivity (Wildman–Crippen MR) is 128 cm³/mol. The van der Waals surface area contributed by atoms with Gasteiger partial charge in [0.1, 0.15) is 10.0 Å². The van der Waals surface area contributed by atoms with Gasteiger partial charge >= 0.3 is 0 Å². The quantitative estimate of drug-likeness (QED) is 0.352. The van der Waals surface area contributed by atoms with E-state index in [1.54, 1.807) is 24.3 Å². The number of pyridine rings is 1. The summed E-state index contributed by atoms with van der Waals surface area (Å²) >= 11 is 0. The minimum absolute atomic E-state index is 0.171. The Morgan fingerprint density at radius 1 is 0.781 bits per heavy atom. The fraction of sp³-hybridized carbons (Fsp3) is 0.0741. The van der Waals surface area contributed by atoms with Gasteiger partial charge in [0, 0.05) is 22.8 Å². The summed E-state index contributed by atoms with van der Waals surface area (Å²) in [5.74, 6) is 0.